The second-order valence-electron chi connectivity index (χ2n) is 6.23. The fourth-order valence-corrected chi connectivity index (χ4v) is 3.21. The highest BCUT2D eigenvalue weighted by atomic mass is 16.1. The van der Waals surface area contributed by atoms with E-state index in [0.29, 0.717) is 0 Å². The minimum Gasteiger partial charge on any atom is -0.309 e. The summed E-state index contributed by atoms with van der Waals surface area (Å²) in [6.07, 6.45) is 0.939. The van der Waals surface area contributed by atoms with E-state index in [4.69, 9.17) is 0 Å². The first-order valence-electron chi connectivity index (χ1n) is 7.46. The van der Waals surface area contributed by atoms with Gasteiger partial charge in [-0.15, -0.1) is 0 Å². The van der Waals surface area contributed by atoms with Crippen molar-refractivity contribution in [3.63, 3.8) is 0 Å². The van der Waals surface area contributed by atoms with Crippen LogP contribution in [0.3, 0.4) is 0 Å². The topological polar surface area (TPSA) is 20.3 Å². The maximum atomic E-state index is 12.5. The molecule has 0 spiro atoms. The van der Waals surface area contributed by atoms with Gasteiger partial charge >= 0.3 is 0 Å². The summed E-state index contributed by atoms with van der Waals surface area (Å²) in [6, 6.07) is 14.7. The van der Waals surface area contributed by atoms with Crippen molar-refractivity contribution in [2.24, 2.45) is 5.92 Å². The molecule has 0 N–H and O–H groups in total. The summed E-state index contributed by atoms with van der Waals surface area (Å²) < 4.78 is 0. The van der Waals surface area contributed by atoms with E-state index in [9.17, 15) is 4.79 Å². The van der Waals surface area contributed by atoms with Crippen LogP contribution < -0.4 is 0 Å². The lowest BCUT2D eigenvalue weighted by atomic mass is 9.95. The van der Waals surface area contributed by atoms with Gasteiger partial charge in [0.2, 0.25) is 0 Å². The van der Waals surface area contributed by atoms with Gasteiger partial charge < -0.3 is 4.90 Å². The Morgan fingerprint density at radius 2 is 1.81 bits per heavy atom. The molecule has 0 fully saturated rings. The second kappa shape index (κ2) is 5.45. The molecule has 2 heteroatoms. The highest BCUT2D eigenvalue weighted by molar-refractivity contribution is 5.99. The summed E-state index contributed by atoms with van der Waals surface area (Å²) in [5.41, 5.74) is 6.07. The lowest BCUT2D eigenvalue weighted by Crippen LogP contribution is -2.25. The third kappa shape index (κ3) is 2.64. The van der Waals surface area contributed by atoms with E-state index in [-0.39, 0.29) is 11.7 Å². The van der Waals surface area contributed by atoms with Gasteiger partial charge in [0.05, 0.1) is 0 Å². The Balaban J connectivity index is 1.89. The molecule has 0 aliphatic heterocycles. The van der Waals surface area contributed by atoms with Crippen LogP contribution in [0.15, 0.2) is 42.5 Å². The lowest BCUT2D eigenvalue weighted by molar-refractivity contribution is 0.0910. The van der Waals surface area contributed by atoms with Gasteiger partial charge in [0.25, 0.3) is 0 Å². The molecule has 2 aromatic carbocycles. The van der Waals surface area contributed by atoms with Crippen LogP contribution in [0.2, 0.25) is 0 Å². The molecule has 1 aliphatic rings. The van der Waals surface area contributed by atoms with E-state index in [1.54, 1.807) is 0 Å². The average molecular weight is 279 g/mol. The number of Topliss-reactive ketones (excluding diaryl/α,β-unsaturated/α-hetero) is 1. The van der Waals surface area contributed by atoms with E-state index in [1.807, 2.05) is 27.1 Å². The van der Waals surface area contributed by atoms with E-state index >= 15 is 0 Å². The van der Waals surface area contributed by atoms with Gasteiger partial charge in [0.15, 0.2) is 5.78 Å². The maximum Gasteiger partial charge on any atom is 0.166 e. The Morgan fingerprint density at radius 1 is 1.10 bits per heavy atom. The Morgan fingerprint density at radius 3 is 2.57 bits per heavy atom. The molecule has 21 heavy (non-hydrogen) atoms. The molecule has 3 rings (SSSR count). The zero-order chi connectivity index (χ0) is 15.0. The Labute approximate surface area is 126 Å². The van der Waals surface area contributed by atoms with Gasteiger partial charge in [0.1, 0.15) is 0 Å². The molecule has 108 valence electrons. The van der Waals surface area contributed by atoms with Crippen LogP contribution in [-0.2, 0) is 6.42 Å². The van der Waals surface area contributed by atoms with Crippen molar-refractivity contribution >= 4 is 5.78 Å². The SMILES string of the molecule is CC(CN(C)C)C(=O)c1ccc2c(c1)Cc1ccccc1-2. The van der Waals surface area contributed by atoms with E-state index in [1.165, 1.54) is 22.3 Å². The van der Waals surface area contributed by atoms with Gasteiger partial charge in [-0.1, -0.05) is 43.3 Å². The summed E-state index contributed by atoms with van der Waals surface area (Å²) in [5, 5.41) is 0. The summed E-state index contributed by atoms with van der Waals surface area (Å²) in [5.74, 6) is 0.268. The molecule has 0 saturated carbocycles. The number of hydrogen-bond acceptors (Lipinski definition) is 2. The molecule has 1 aliphatic carbocycles. The Hall–Kier alpha value is -1.93. The monoisotopic (exact) mass is 279 g/mol. The van der Waals surface area contributed by atoms with Crippen LogP contribution in [-0.4, -0.2) is 31.3 Å². The summed E-state index contributed by atoms with van der Waals surface area (Å²) in [7, 11) is 4.01. The highest BCUT2D eigenvalue weighted by Gasteiger charge is 2.21. The van der Waals surface area contributed by atoms with Gasteiger partial charge in [-0.05, 0) is 48.8 Å². The molecule has 0 bridgehead atoms. The normalized spacial score (nSPS) is 13.9. The summed E-state index contributed by atoms with van der Waals surface area (Å²) in [4.78, 5) is 14.6. The first-order valence-corrected chi connectivity index (χ1v) is 7.46. The van der Waals surface area contributed by atoms with E-state index < -0.39 is 0 Å². The van der Waals surface area contributed by atoms with Gasteiger partial charge in [-0.25, -0.2) is 0 Å². The molecule has 2 aromatic rings. The number of rotatable bonds is 4. The van der Waals surface area contributed by atoms with Crippen molar-refractivity contribution in [3.8, 4) is 11.1 Å². The zero-order valence-electron chi connectivity index (χ0n) is 12.9. The first kappa shape index (κ1) is 14.0. The third-order valence-corrected chi connectivity index (χ3v) is 4.16. The van der Waals surface area contributed by atoms with Crippen molar-refractivity contribution < 1.29 is 4.79 Å². The van der Waals surface area contributed by atoms with Crippen LogP contribution in [0.4, 0.5) is 0 Å². The van der Waals surface area contributed by atoms with Crippen LogP contribution in [0.5, 0.6) is 0 Å². The summed E-state index contributed by atoms with van der Waals surface area (Å²) >= 11 is 0. The van der Waals surface area contributed by atoms with Crippen molar-refractivity contribution in [3.05, 3.63) is 59.2 Å². The minimum absolute atomic E-state index is 0.0295. The first-order chi connectivity index (χ1) is 10.1. The number of benzene rings is 2. The molecule has 1 atom stereocenters. The molecule has 0 saturated heterocycles. The number of carbonyl (C=O) groups excluding carboxylic acids is 1. The minimum atomic E-state index is 0.0295. The van der Waals surface area contributed by atoms with E-state index in [2.05, 4.69) is 41.3 Å². The smallest absolute Gasteiger partial charge is 0.166 e. The molecule has 0 aromatic heterocycles. The number of fused-ring (bicyclic) bond motifs is 3. The van der Waals surface area contributed by atoms with Crippen molar-refractivity contribution in [1.29, 1.82) is 0 Å². The van der Waals surface area contributed by atoms with Crippen molar-refractivity contribution in [2.75, 3.05) is 20.6 Å². The summed E-state index contributed by atoms with van der Waals surface area (Å²) in [6.45, 7) is 2.79. The number of ketones is 1. The Bertz CT molecular complexity index is 688. The molecule has 0 radical (unpaired) electrons. The highest BCUT2D eigenvalue weighted by Crippen LogP contribution is 2.36. The molecular weight excluding hydrogens is 258 g/mol. The largest absolute Gasteiger partial charge is 0.309 e. The van der Waals surface area contributed by atoms with Crippen molar-refractivity contribution in [2.45, 2.75) is 13.3 Å². The quantitative estimate of drug-likeness (QED) is 0.680. The molecule has 0 heterocycles. The molecular formula is C19H21NO. The number of carbonyl (C=O) groups is 1. The van der Waals surface area contributed by atoms with Gasteiger partial charge in [-0.2, -0.15) is 0 Å². The van der Waals surface area contributed by atoms with Crippen LogP contribution in [0, 0.1) is 5.92 Å². The Kier molecular flexibility index (Phi) is 3.64. The lowest BCUT2D eigenvalue weighted by Gasteiger charge is -2.16. The standard InChI is InChI=1S/C19H21NO/c1-13(12-20(2)3)19(21)15-8-9-18-16(11-15)10-14-6-4-5-7-17(14)18/h4-9,11,13H,10,12H2,1-3H3. The fraction of sp³-hybridized carbons (Fsp3) is 0.316. The predicted octanol–water partition coefficient (Wildman–Crippen LogP) is 3.64. The molecule has 2 nitrogen and oxygen atoms in total. The number of hydrogen-bond donors (Lipinski definition) is 0. The van der Waals surface area contributed by atoms with Gasteiger partial charge in [0, 0.05) is 18.0 Å². The van der Waals surface area contributed by atoms with Crippen LogP contribution in [0.25, 0.3) is 11.1 Å². The molecule has 0 amide bonds. The van der Waals surface area contributed by atoms with E-state index in [0.717, 1.165) is 18.5 Å². The maximum absolute atomic E-state index is 12.5. The second-order valence-corrected chi connectivity index (χ2v) is 6.23. The van der Waals surface area contributed by atoms with Crippen LogP contribution in [0.1, 0.15) is 28.4 Å². The number of nitrogens with zero attached hydrogens (tertiary/aromatic N) is 1. The average Bonchev–Trinajstić information content (AvgIpc) is 2.83. The zero-order valence-corrected chi connectivity index (χ0v) is 12.9. The van der Waals surface area contributed by atoms with Gasteiger partial charge in [-0.3, -0.25) is 4.79 Å². The van der Waals surface area contributed by atoms with Crippen molar-refractivity contribution in [1.82, 2.24) is 4.90 Å². The molecule has 1 unspecified atom stereocenters. The predicted molar refractivity (Wildman–Crippen MR) is 86.7 cm³/mol. The fourth-order valence-electron chi connectivity index (χ4n) is 3.21. The van der Waals surface area contributed by atoms with Crippen LogP contribution >= 0.6 is 0 Å². The third-order valence-electron chi connectivity index (χ3n) is 4.16.